The van der Waals surface area contributed by atoms with Gasteiger partial charge >= 0.3 is 0 Å². The van der Waals surface area contributed by atoms with Gasteiger partial charge < -0.3 is 5.73 Å². The summed E-state index contributed by atoms with van der Waals surface area (Å²) in [5.74, 6) is -0.250. The zero-order chi connectivity index (χ0) is 14.0. The van der Waals surface area contributed by atoms with Crippen molar-refractivity contribution in [2.24, 2.45) is 12.8 Å². The van der Waals surface area contributed by atoms with Gasteiger partial charge in [-0.3, -0.25) is 4.68 Å². The SMILES string of the molecule is Cc1nn(C)c(CC(CN)c2ccccc2F)c1Br. The van der Waals surface area contributed by atoms with Crippen LogP contribution in [-0.2, 0) is 13.5 Å². The van der Waals surface area contributed by atoms with E-state index in [0.29, 0.717) is 18.5 Å². The summed E-state index contributed by atoms with van der Waals surface area (Å²) in [5, 5.41) is 4.35. The van der Waals surface area contributed by atoms with Crippen LogP contribution in [0.2, 0.25) is 0 Å². The maximum Gasteiger partial charge on any atom is 0.126 e. The van der Waals surface area contributed by atoms with E-state index in [2.05, 4.69) is 21.0 Å². The van der Waals surface area contributed by atoms with E-state index in [1.54, 1.807) is 12.1 Å². The second kappa shape index (κ2) is 5.84. The molecule has 1 unspecified atom stereocenters. The Morgan fingerprint density at radius 2 is 2.11 bits per heavy atom. The Bertz CT molecular complexity index is 580. The van der Waals surface area contributed by atoms with Crippen LogP contribution in [0.1, 0.15) is 22.9 Å². The number of aromatic nitrogens is 2. The van der Waals surface area contributed by atoms with Crippen LogP contribution in [0, 0.1) is 12.7 Å². The van der Waals surface area contributed by atoms with Crippen molar-refractivity contribution in [2.45, 2.75) is 19.3 Å². The average Bonchev–Trinajstić information content (AvgIpc) is 2.63. The molecule has 2 rings (SSSR count). The summed E-state index contributed by atoms with van der Waals surface area (Å²) in [4.78, 5) is 0. The minimum Gasteiger partial charge on any atom is -0.330 e. The van der Waals surface area contributed by atoms with Gasteiger partial charge in [-0.25, -0.2) is 4.39 Å². The smallest absolute Gasteiger partial charge is 0.126 e. The molecule has 5 heteroatoms. The first-order valence-corrected chi connectivity index (χ1v) is 6.96. The number of nitrogens with zero attached hydrogens (tertiary/aromatic N) is 2. The highest BCUT2D eigenvalue weighted by atomic mass is 79.9. The number of benzene rings is 1. The zero-order valence-corrected chi connectivity index (χ0v) is 12.6. The molecular formula is C14H17BrFN3. The molecule has 0 fully saturated rings. The Morgan fingerprint density at radius 1 is 1.42 bits per heavy atom. The molecule has 3 nitrogen and oxygen atoms in total. The number of nitrogens with two attached hydrogens (primary N) is 1. The monoisotopic (exact) mass is 325 g/mol. The van der Waals surface area contributed by atoms with Crippen molar-refractivity contribution in [3.8, 4) is 0 Å². The van der Waals surface area contributed by atoms with Gasteiger partial charge in [0.05, 0.1) is 15.9 Å². The molecule has 0 saturated carbocycles. The lowest BCUT2D eigenvalue weighted by molar-refractivity contribution is 0.563. The highest BCUT2D eigenvalue weighted by Gasteiger charge is 2.19. The molecule has 0 saturated heterocycles. The van der Waals surface area contributed by atoms with Crippen LogP contribution in [0.15, 0.2) is 28.7 Å². The van der Waals surface area contributed by atoms with Gasteiger partial charge in [0, 0.05) is 13.0 Å². The highest BCUT2D eigenvalue weighted by molar-refractivity contribution is 9.10. The van der Waals surface area contributed by atoms with Gasteiger partial charge in [-0.15, -0.1) is 0 Å². The molecule has 0 amide bonds. The predicted octanol–water partition coefficient (Wildman–Crippen LogP) is 2.92. The van der Waals surface area contributed by atoms with E-state index in [0.717, 1.165) is 15.9 Å². The van der Waals surface area contributed by atoms with E-state index in [-0.39, 0.29) is 11.7 Å². The lowest BCUT2D eigenvalue weighted by Crippen LogP contribution is -2.18. The molecule has 2 aromatic rings. The van der Waals surface area contributed by atoms with Crippen molar-refractivity contribution in [3.63, 3.8) is 0 Å². The third kappa shape index (κ3) is 2.87. The summed E-state index contributed by atoms with van der Waals surface area (Å²) >= 11 is 3.53. The van der Waals surface area contributed by atoms with E-state index >= 15 is 0 Å². The molecule has 0 bridgehead atoms. The fraction of sp³-hybridized carbons (Fsp3) is 0.357. The second-order valence-electron chi connectivity index (χ2n) is 4.63. The van der Waals surface area contributed by atoms with Gasteiger partial charge in [0.1, 0.15) is 5.82 Å². The van der Waals surface area contributed by atoms with Crippen molar-refractivity contribution < 1.29 is 4.39 Å². The van der Waals surface area contributed by atoms with E-state index in [4.69, 9.17) is 5.73 Å². The summed E-state index contributed by atoms with van der Waals surface area (Å²) in [7, 11) is 1.89. The van der Waals surface area contributed by atoms with E-state index in [1.165, 1.54) is 6.07 Å². The zero-order valence-electron chi connectivity index (χ0n) is 11.0. The summed E-state index contributed by atoms with van der Waals surface area (Å²) in [5.41, 5.74) is 8.45. The molecule has 0 radical (unpaired) electrons. The van der Waals surface area contributed by atoms with Gasteiger partial charge in [0.15, 0.2) is 0 Å². The van der Waals surface area contributed by atoms with Gasteiger partial charge in [-0.05, 0) is 47.4 Å². The van der Waals surface area contributed by atoms with Crippen LogP contribution in [0.5, 0.6) is 0 Å². The normalized spacial score (nSPS) is 12.7. The Morgan fingerprint density at radius 3 is 2.63 bits per heavy atom. The van der Waals surface area contributed by atoms with Gasteiger partial charge in [0.2, 0.25) is 0 Å². The summed E-state index contributed by atoms with van der Waals surface area (Å²) in [6.45, 7) is 2.34. The topological polar surface area (TPSA) is 43.8 Å². The Kier molecular flexibility index (Phi) is 4.37. The molecule has 1 atom stereocenters. The molecule has 0 aliphatic carbocycles. The standard InChI is InChI=1S/C14H17BrFN3/c1-9-14(15)13(19(2)18-9)7-10(8-17)11-5-3-4-6-12(11)16/h3-6,10H,7-8,17H2,1-2H3. The van der Waals surface area contributed by atoms with Gasteiger partial charge in [-0.2, -0.15) is 5.10 Å². The molecule has 102 valence electrons. The molecule has 1 heterocycles. The summed E-state index contributed by atoms with van der Waals surface area (Å²) in [6, 6.07) is 6.80. The Balaban J connectivity index is 2.32. The lowest BCUT2D eigenvalue weighted by atomic mass is 9.93. The third-order valence-electron chi connectivity index (χ3n) is 3.33. The minimum atomic E-state index is -0.201. The molecule has 0 spiro atoms. The molecule has 1 aromatic heterocycles. The first-order chi connectivity index (χ1) is 9.04. The van der Waals surface area contributed by atoms with Crippen LogP contribution < -0.4 is 5.73 Å². The van der Waals surface area contributed by atoms with Crippen LogP contribution in [0.3, 0.4) is 0 Å². The van der Waals surface area contributed by atoms with Crippen LogP contribution in [0.25, 0.3) is 0 Å². The Labute approximate surface area is 120 Å². The van der Waals surface area contributed by atoms with E-state index in [9.17, 15) is 4.39 Å². The molecular weight excluding hydrogens is 309 g/mol. The number of halogens is 2. The third-order valence-corrected chi connectivity index (χ3v) is 4.36. The van der Waals surface area contributed by atoms with Crippen LogP contribution >= 0.6 is 15.9 Å². The second-order valence-corrected chi connectivity index (χ2v) is 5.42. The number of rotatable bonds is 4. The van der Waals surface area contributed by atoms with Crippen LogP contribution in [-0.4, -0.2) is 16.3 Å². The van der Waals surface area contributed by atoms with Crippen molar-refractivity contribution in [1.29, 1.82) is 0 Å². The van der Waals surface area contributed by atoms with Crippen molar-refractivity contribution in [1.82, 2.24) is 9.78 Å². The van der Waals surface area contributed by atoms with Crippen molar-refractivity contribution in [2.75, 3.05) is 6.54 Å². The fourth-order valence-corrected chi connectivity index (χ4v) is 2.76. The van der Waals surface area contributed by atoms with E-state index in [1.807, 2.05) is 24.7 Å². The lowest BCUT2D eigenvalue weighted by Gasteiger charge is -2.16. The molecule has 2 N–H and O–H groups in total. The largest absolute Gasteiger partial charge is 0.330 e. The maximum absolute atomic E-state index is 13.8. The first kappa shape index (κ1) is 14.2. The first-order valence-electron chi connectivity index (χ1n) is 6.17. The Hall–Kier alpha value is -1.20. The quantitative estimate of drug-likeness (QED) is 0.939. The molecule has 1 aromatic carbocycles. The molecule has 19 heavy (non-hydrogen) atoms. The van der Waals surface area contributed by atoms with Gasteiger partial charge in [-0.1, -0.05) is 18.2 Å². The van der Waals surface area contributed by atoms with Crippen molar-refractivity contribution >= 4 is 15.9 Å². The number of hydrogen-bond acceptors (Lipinski definition) is 2. The molecule has 0 aliphatic heterocycles. The molecule has 0 aliphatic rings. The van der Waals surface area contributed by atoms with Crippen LogP contribution in [0.4, 0.5) is 4.39 Å². The van der Waals surface area contributed by atoms with E-state index < -0.39 is 0 Å². The minimum absolute atomic E-state index is 0.0488. The predicted molar refractivity (Wildman–Crippen MR) is 77.5 cm³/mol. The number of aryl methyl sites for hydroxylation is 2. The van der Waals surface area contributed by atoms with Crippen molar-refractivity contribution in [3.05, 3.63) is 51.5 Å². The highest BCUT2D eigenvalue weighted by Crippen LogP contribution is 2.27. The number of hydrogen-bond donors (Lipinski definition) is 1. The summed E-state index contributed by atoms with van der Waals surface area (Å²) < 4.78 is 16.6. The van der Waals surface area contributed by atoms with Gasteiger partial charge in [0.25, 0.3) is 0 Å². The maximum atomic E-state index is 13.8. The summed E-state index contributed by atoms with van der Waals surface area (Å²) in [6.07, 6.45) is 0.662. The average molecular weight is 326 g/mol. The fourth-order valence-electron chi connectivity index (χ4n) is 2.26.